The van der Waals surface area contributed by atoms with Gasteiger partial charge in [0, 0.05) is 0 Å². The van der Waals surface area contributed by atoms with Gasteiger partial charge in [-0.05, 0) is 30.4 Å². The average Bonchev–Trinajstić information content (AvgIpc) is 3.09. The van der Waals surface area contributed by atoms with E-state index in [1.807, 2.05) is 12.2 Å². The molecule has 2 aliphatic carbocycles. The highest BCUT2D eigenvalue weighted by Crippen LogP contribution is 2.48. The largest absolute Gasteiger partial charge is 0.481 e. The Labute approximate surface area is 130 Å². The van der Waals surface area contributed by atoms with E-state index in [0.29, 0.717) is 6.42 Å². The maximum atomic E-state index is 12.5. The zero-order valence-electron chi connectivity index (χ0n) is 12.0. The highest BCUT2D eigenvalue weighted by atomic mass is 19.3. The van der Waals surface area contributed by atoms with Crippen molar-refractivity contribution in [2.45, 2.75) is 13.0 Å². The van der Waals surface area contributed by atoms with E-state index >= 15 is 0 Å². The van der Waals surface area contributed by atoms with Crippen LogP contribution in [0.1, 0.15) is 6.42 Å². The molecule has 2 N–H and O–H groups in total. The molecule has 1 aromatic rings. The van der Waals surface area contributed by atoms with Crippen molar-refractivity contribution in [2.24, 2.45) is 23.7 Å². The van der Waals surface area contributed by atoms with E-state index in [9.17, 15) is 23.5 Å². The van der Waals surface area contributed by atoms with Crippen molar-refractivity contribution >= 4 is 17.6 Å². The van der Waals surface area contributed by atoms with Gasteiger partial charge in [-0.1, -0.05) is 24.3 Å². The molecule has 4 atom stereocenters. The molecule has 7 heteroatoms. The second-order valence-electron chi connectivity index (χ2n) is 5.70. The molecule has 2 aliphatic rings. The highest BCUT2D eigenvalue weighted by molar-refractivity contribution is 5.97. The van der Waals surface area contributed by atoms with E-state index in [-0.39, 0.29) is 23.3 Å². The first-order valence-corrected chi connectivity index (χ1v) is 7.23. The topological polar surface area (TPSA) is 75.6 Å². The van der Waals surface area contributed by atoms with Crippen LogP contribution in [0.15, 0.2) is 36.4 Å². The Morgan fingerprint density at radius 3 is 2.48 bits per heavy atom. The summed E-state index contributed by atoms with van der Waals surface area (Å²) >= 11 is 0. The van der Waals surface area contributed by atoms with E-state index in [4.69, 9.17) is 0 Å². The molecule has 3 rings (SSSR count). The van der Waals surface area contributed by atoms with E-state index < -0.39 is 30.3 Å². The number of halogens is 2. The van der Waals surface area contributed by atoms with Crippen molar-refractivity contribution in [1.29, 1.82) is 0 Å². The molecular formula is C16H15F2NO4. The summed E-state index contributed by atoms with van der Waals surface area (Å²) in [6.45, 7) is -3.01. The van der Waals surface area contributed by atoms with Crippen LogP contribution >= 0.6 is 0 Å². The number of anilines is 1. The number of alkyl halides is 2. The second-order valence-corrected chi connectivity index (χ2v) is 5.70. The highest BCUT2D eigenvalue weighted by Gasteiger charge is 2.51. The first-order valence-electron chi connectivity index (χ1n) is 7.23. The molecule has 0 radical (unpaired) electrons. The molecule has 0 aromatic heterocycles. The van der Waals surface area contributed by atoms with Crippen LogP contribution in [0.25, 0.3) is 0 Å². The number of nitrogens with one attached hydrogen (secondary N) is 1. The number of amides is 1. The van der Waals surface area contributed by atoms with Crippen molar-refractivity contribution < 1.29 is 28.2 Å². The molecule has 122 valence electrons. The number of carboxylic acid groups (broad SMARTS) is 1. The van der Waals surface area contributed by atoms with Gasteiger partial charge < -0.3 is 15.2 Å². The number of carbonyl (C=O) groups excluding carboxylic acids is 1. The summed E-state index contributed by atoms with van der Waals surface area (Å²) in [4.78, 5) is 23.9. The molecule has 0 saturated heterocycles. The number of hydrogen-bond acceptors (Lipinski definition) is 3. The number of rotatable bonds is 5. The number of carboxylic acids is 1. The average molecular weight is 323 g/mol. The number of ether oxygens (including phenoxy) is 1. The van der Waals surface area contributed by atoms with Crippen LogP contribution in [0.4, 0.5) is 14.5 Å². The van der Waals surface area contributed by atoms with Gasteiger partial charge in [0.15, 0.2) is 0 Å². The fourth-order valence-corrected chi connectivity index (χ4v) is 3.50. The zero-order chi connectivity index (χ0) is 16.6. The third-order valence-electron chi connectivity index (χ3n) is 4.41. The number of carbonyl (C=O) groups is 2. The number of fused-ring (bicyclic) bond motifs is 2. The summed E-state index contributed by atoms with van der Waals surface area (Å²) in [7, 11) is 0. The lowest BCUT2D eigenvalue weighted by atomic mass is 9.82. The Bertz CT molecular complexity index is 661. The molecule has 1 saturated carbocycles. The Morgan fingerprint density at radius 1 is 1.17 bits per heavy atom. The first kappa shape index (κ1) is 15.5. The molecule has 5 nitrogen and oxygen atoms in total. The fraction of sp³-hybridized carbons (Fsp3) is 0.375. The van der Waals surface area contributed by atoms with Crippen molar-refractivity contribution in [3.05, 3.63) is 36.4 Å². The minimum Gasteiger partial charge on any atom is -0.481 e. The molecule has 1 amide bonds. The van der Waals surface area contributed by atoms with Gasteiger partial charge in [0.05, 0.1) is 17.5 Å². The van der Waals surface area contributed by atoms with Gasteiger partial charge >= 0.3 is 12.6 Å². The van der Waals surface area contributed by atoms with Crippen LogP contribution in [-0.2, 0) is 9.59 Å². The third-order valence-corrected chi connectivity index (χ3v) is 4.41. The quantitative estimate of drug-likeness (QED) is 0.817. The van der Waals surface area contributed by atoms with Gasteiger partial charge in [-0.2, -0.15) is 8.78 Å². The van der Waals surface area contributed by atoms with Crippen molar-refractivity contribution in [3.8, 4) is 5.75 Å². The smallest absolute Gasteiger partial charge is 0.387 e. The molecule has 23 heavy (non-hydrogen) atoms. The standard InChI is InChI=1S/C16H15F2NO4/c17-16(18)23-11-4-2-1-3-10(11)19-14(20)12-8-5-6-9(7-8)13(12)15(21)22/h1-6,8-9,12-13,16H,7H2,(H,19,20)(H,21,22)/t8-,9+,12-,13+/m0/s1. The van der Waals surface area contributed by atoms with Crippen LogP contribution < -0.4 is 10.1 Å². The summed E-state index contributed by atoms with van der Waals surface area (Å²) in [6, 6.07) is 5.84. The van der Waals surface area contributed by atoms with E-state index in [1.54, 1.807) is 6.07 Å². The first-order chi connectivity index (χ1) is 11.0. The monoisotopic (exact) mass is 323 g/mol. The molecule has 0 heterocycles. The lowest BCUT2D eigenvalue weighted by Gasteiger charge is -2.24. The van der Waals surface area contributed by atoms with E-state index in [2.05, 4.69) is 10.1 Å². The predicted molar refractivity (Wildman–Crippen MR) is 77.1 cm³/mol. The van der Waals surface area contributed by atoms with Crippen LogP contribution in [-0.4, -0.2) is 23.6 Å². The summed E-state index contributed by atoms with van der Waals surface area (Å²) in [6.07, 6.45) is 4.32. The maximum absolute atomic E-state index is 12.5. The Hall–Kier alpha value is -2.44. The Kier molecular flexibility index (Phi) is 4.02. The van der Waals surface area contributed by atoms with Crippen molar-refractivity contribution in [1.82, 2.24) is 0 Å². The molecule has 0 aliphatic heterocycles. The molecular weight excluding hydrogens is 308 g/mol. The van der Waals surface area contributed by atoms with Gasteiger partial charge in [-0.3, -0.25) is 9.59 Å². The zero-order valence-corrected chi connectivity index (χ0v) is 12.0. The molecule has 0 spiro atoms. The minimum atomic E-state index is -3.01. The Morgan fingerprint density at radius 2 is 1.83 bits per heavy atom. The third kappa shape index (κ3) is 2.91. The fourth-order valence-electron chi connectivity index (χ4n) is 3.50. The lowest BCUT2D eigenvalue weighted by molar-refractivity contribution is -0.146. The predicted octanol–water partition coefficient (Wildman–Crippen LogP) is 2.75. The molecule has 2 bridgehead atoms. The SMILES string of the molecule is O=C(Nc1ccccc1OC(F)F)[C@@H]1[C@H](C(=O)O)[C@@H]2C=C[C@H]1C2. The van der Waals surface area contributed by atoms with E-state index in [0.717, 1.165) is 0 Å². The Balaban J connectivity index is 1.80. The van der Waals surface area contributed by atoms with E-state index in [1.165, 1.54) is 18.2 Å². The summed E-state index contributed by atoms with van der Waals surface area (Å²) in [5.41, 5.74) is 0.105. The lowest BCUT2D eigenvalue weighted by Crippen LogP contribution is -2.36. The van der Waals surface area contributed by atoms with Crippen molar-refractivity contribution in [3.63, 3.8) is 0 Å². The normalized spacial score (nSPS) is 28.1. The van der Waals surface area contributed by atoms with Gasteiger partial charge in [-0.25, -0.2) is 0 Å². The summed E-state index contributed by atoms with van der Waals surface area (Å²) in [5.74, 6) is -3.43. The molecule has 1 fully saturated rings. The van der Waals surface area contributed by atoms with Crippen LogP contribution in [0, 0.1) is 23.7 Å². The van der Waals surface area contributed by atoms with Gasteiger partial charge in [0.2, 0.25) is 5.91 Å². The van der Waals surface area contributed by atoms with Crippen LogP contribution in [0.2, 0.25) is 0 Å². The number of aliphatic carboxylic acids is 1. The number of benzene rings is 1. The number of para-hydroxylation sites is 2. The second kappa shape index (κ2) is 5.98. The summed E-state index contributed by atoms with van der Waals surface area (Å²) < 4.78 is 29.2. The number of hydrogen-bond donors (Lipinski definition) is 2. The van der Waals surface area contributed by atoms with Gasteiger partial charge in [0.1, 0.15) is 5.75 Å². The van der Waals surface area contributed by atoms with Crippen LogP contribution in [0.5, 0.6) is 5.75 Å². The minimum absolute atomic E-state index is 0.105. The van der Waals surface area contributed by atoms with Gasteiger partial charge in [-0.15, -0.1) is 0 Å². The van der Waals surface area contributed by atoms with Gasteiger partial charge in [0.25, 0.3) is 0 Å². The maximum Gasteiger partial charge on any atom is 0.387 e. The summed E-state index contributed by atoms with van der Waals surface area (Å²) in [5, 5.41) is 11.9. The molecule has 0 unspecified atom stereocenters. The number of allylic oxidation sites excluding steroid dienone is 2. The molecule has 1 aromatic carbocycles. The van der Waals surface area contributed by atoms with Crippen molar-refractivity contribution in [2.75, 3.05) is 5.32 Å². The van der Waals surface area contributed by atoms with Crippen LogP contribution in [0.3, 0.4) is 0 Å².